The van der Waals surface area contributed by atoms with Crippen LogP contribution in [-0.4, -0.2) is 40.8 Å². The molecule has 1 aromatic heterocycles. The maximum Gasteiger partial charge on any atom is 0.203 e. The van der Waals surface area contributed by atoms with Gasteiger partial charge in [-0.2, -0.15) is 11.8 Å². The van der Waals surface area contributed by atoms with Crippen LogP contribution in [-0.2, 0) is 11.3 Å². The van der Waals surface area contributed by atoms with Gasteiger partial charge in [-0.3, -0.25) is 0 Å². The van der Waals surface area contributed by atoms with Gasteiger partial charge in [-0.25, -0.2) is 4.98 Å². The van der Waals surface area contributed by atoms with E-state index in [0.717, 1.165) is 42.7 Å². The van der Waals surface area contributed by atoms with E-state index in [2.05, 4.69) is 34.9 Å². The van der Waals surface area contributed by atoms with E-state index in [1.54, 1.807) is 7.11 Å². The largest absolute Gasteiger partial charge is 0.385 e. The Morgan fingerprint density at radius 2 is 2.33 bits per heavy atom. The summed E-state index contributed by atoms with van der Waals surface area (Å²) in [6, 6.07) is 0.443. The Labute approximate surface area is 115 Å². The molecule has 4 nitrogen and oxygen atoms in total. The Bertz CT molecular complexity index is 341. The molecule has 0 saturated heterocycles. The molecule has 0 fully saturated rings. The lowest BCUT2D eigenvalue weighted by atomic mass is 10.4. The van der Waals surface area contributed by atoms with E-state index in [1.165, 1.54) is 0 Å². The smallest absolute Gasteiger partial charge is 0.203 e. The SMILES string of the molecule is CCSCC(C)Nc1nc(C)cn1CCCOC. The quantitative estimate of drug-likeness (QED) is 0.701. The summed E-state index contributed by atoms with van der Waals surface area (Å²) < 4.78 is 7.27. The first-order chi connectivity index (χ1) is 8.67. The van der Waals surface area contributed by atoms with Gasteiger partial charge in [0.15, 0.2) is 0 Å². The predicted molar refractivity (Wildman–Crippen MR) is 79.5 cm³/mol. The van der Waals surface area contributed by atoms with Gasteiger partial charge in [0.25, 0.3) is 0 Å². The first-order valence-corrected chi connectivity index (χ1v) is 7.69. The molecule has 104 valence electrons. The molecule has 1 N–H and O–H groups in total. The van der Waals surface area contributed by atoms with Crippen molar-refractivity contribution < 1.29 is 4.74 Å². The van der Waals surface area contributed by atoms with Gasteiger partial charge in [0.05, 0.1) is 5.69 Å². The van der Waals surface area contributed by atoms with Crippen LogP contribution in [0, 0.1) is 6.92 Å². The second-order valence-electron chi connectivity index (χ2n) is 4.45. The number of hydrogen-bond donors (Lipinski definition) is 1. The normalized spacial score (nSPS) is 12.7. The first kappa shape index (κ1) is 15.4. The van der Waals surface area contributed by atoms with Crippen molar-refractivity contribution in [2.24, 2.45) is 0 Å². The van der Waals surface area contributed by atoms with Crippen LogP contribution in [0.1, 0.15) is 26.0 Å². The van der Waals surface area contributed by atoms with Crippen LogP contribution in [0.5, 0.6) is 0 Å². The number of hydrogen-bond acceptors (Lipinski definition) is 4. The molecule has 0 bridgehead atoms. The van der Waals surface area contributed by atoms with Crippen molar-refractivity contribution in [3.05, 3.63) is 11.9 Å². The zero-order valence-corrected chi connectivity index (χ0v) is 12.7. The zero-order valence-electron chi connectivity index (χ0n) is 11.9. The summed E-state index contributed by atoms with van der Waals surface area (Å²) in [4.78, 5) is 4.54. The molecular weight excluding hydrogens is 246 g/mol. The predicted octanol–water partition coefficient (Wildman–Crippen LogP) is 2.78. The minimum atomic E-state index is 0.443. The molecule has 5 heteroatoms. The molecule has 0 saturated carbocycles. The molecule has 0 radical (unpaired) electrons. The Hall–Kier alpha value is -0.680. The van der Waals surface area contributed by atoms with E-state index in [-0.39, 0.29) is 0 Å². The number of aromatic nitrogens is 2. The monoisotopic (exact) mass is 271 g/mol. The van der Waals surface area contributed by atoms with Gasteiger partial charge in [-0.1, -0.05) is 6.92 Å². The molecule has 1 rings (SSSR count). The van der Waals surface area contributed by atoms with Crippen molar-refractivity contribution in [2.75, 3.05) is 30.5 Å². The number of rotatable bonds is 9. The Morgan fingerprint density at radius 1 is 1.56 bits per heavy atom. The number of methoxy groups -OCH3 is 1. The summed E-state index contributed by atoms with van der Waals surface area (Å²) in [5.41, 5.74) is 1.06. The van der Waals surface area contributed by atoms with Crippen LogP contribution in [0.4, 0.5) is 5.95 Å². The first-order valence-electron chi connectivity index (χ1n) is 6.54. The number of aryl methyl sites for hydroxylation is 2. The highest BCUT2D eigenvalue weighted by Crippen LogP contribution is 2.12. The number of imidazole rings is 1. The van der Waals surface area contributed by atoms with Gasteiger partial charge in [-0.15, -0.1) is 0 Å². The zero-order chi connectivity index (χ0) is 13.4. The maximum atomic E-state index is 5.09. The van der Waals surface area contributed by atoms with Gasteiger partial charge >= 0.3 is 0 Å². The molecule has 0 aliphatic heterocycles. The van der Waals surface area contributed by atoms with Crippen molar-refractivity contribution in [2.45, 2.75) is 39.8 Å². The molecule has 1 aromatic rings. The average Bonchev–Trinajstić information content (AvgIpc) is 2.67. The third-order valence-electron chi connectivity index (χ3n) is 2.59. The summed E-state index contributed by atoms with van der Waals surface area (Å²) in [7, 11) is 1.74. The summed E-state index contributed by atoms with van der Waals surface area (Å²) in [5.74, 6) is 3.25. The molecule has 1 heterocycles. The Kier molecular flexibility index (Phi) is 7.20. The van der Waals surface area contributed by atoms with E-state index >= 15 is 0 Å². The van der Waals surface area contributed by atoms with E-state index in [1.807, 2.05) is 18.7 Å². The van der Waals surface area contributed by atoms with Crippen LogP contribution < -0.4 is 5.32 Å². The lowest BCUT2D eigenvalue weighted by Crippen LogP contribution is -2.21. The van der Waals surface area contributed by atoms with Crippen molar-refractivity contribution in [3.63, 3.8) is 0 Å². The molecule has 1 atom stereocenters. The van der Waals surface area contributed by atoms with Crippen LogP contribution in [0.25, 0.3) is 0 Å². The third kappa shape index (κ3) is 5.31. The van der Waals surface area contributed by atoms with Gasteiger partial charge in [0.1, 0.15) is 0 Å². The van der Waals surface area contributed by atoms with Crippen molar-refractivity contribution >= 4 is 17.7 Å². The highest BCUT2D eigenvalue weighted by atomic mass is 32.2. The van der Waals surface area contributed by atoms with Crippen LogP contribution in [0.15, 0.2) is 6.20 Å². The molecule has 0 aliphatic rings. The van der Waals surface area contributed by atoms with E-state index < -0.39 is 0 Å². The number of nitrogens with one attached hydrogen (secondary N) is 1. The molecule has 0 aromatic carbocycles. The second kappa shape index (κ2) is 8.43. The molecule has 18 heavy (non-hydrogen) atoms. The van der Waals surface area contributed by atoms with Crippen LogP contribution in [0.3, 0.4) is 0 Å². The van der Waals surface area contributed by atoms with Gasteiger partial charge < -0.3 is 14.6 Å². The molecular formula is C13H25N3OS. The van der Waals surface area contributed by atoms with Gasteiger partial charge in [-0.05, 0) is 26.0 Å². The Balaban J connectivity index is 2.52. The molecule has 0 spiro atoms. The highest BCUT2D eigenvalue weighted by Gasteiger charge is 2.08. The number of nitrogens with zero attached hydrogens (tertiary/aromatic N) is 2. The van der Waals surface area contributed by atoms with Crippen molar-refractivity contribution in [3.8, 4) is 0 Å². The summed E-state index contributed by atoms with van der Waals surface area (Å²) in [5, 5.41) is 3.48. The number of ether oxygens (including phenoxy) is 1. The maximum absolute atomic E-state index is 5.09. The summed E-state index contributed by atoms with van der Waals surface area (Å²) >= 11 is 1.95. The fourth-order valence-electron chi connectivity index (χ4n) is 1.77. The van der Waals surface area contributed by atoms with Crippen molar-refractivity contribution in [1.29, 1.82) is 0 Å². The minimum absolute atomic E-state index is 0.443. The van der Waals surface area contributed by atoms with E-state index in [0.29, 0.717) is 6.04 Å². The summed E-state index contributed by atoms with van der Waals surface area (Å²) in [6.07, 6.45) is 3.11. The fraction of sp³-hybridized carbons (Fsp3) is 0.769. The standard InChI is InChI=1S/C13H25N3OS/c1-5-18-10-12(3)15-13-14-11(2)9-16(13)7-6-8-17-4/h9,12H,5-8,10H2,1-4H3,(H,14,15). The molecule has 0 aliphatic carbocycles. The Morgan fingerprint density at radius 3 is 3.00 bits per heavy atom. The van der Waals surface area contributed by atoms with Gasteiger partial charge in [0, 0.05) is 38.3 Å². The van der Waals surface area contributed by atoms with E-state index in [9.17, 15) is 0 Å². The molecule has 0 amide bonds. The minimum Gasteiger partial charge on any atom is -0.385 e. The van der Waals surface area contributed by atoms with Crippen molar-refractivity contribution in [1.82, 2.24) is 9.55 Å². The van der Waals surface area contributed by atoms with Crippen LogP contribution in [0.2, 0.25) is 0 Å². The third-order valence-corrected chi connectivity index (χ3v) is 3.74. The topological polar surface area (TPSA) is 39.1 Å². The number of anilines is 1. The highest BCUT2D eigenvalue weighted by molar-refractivity contribution is 7.99. The van der Waals surface area contributed by atoms with E-state index in [4.69, 9.17) is 4.74 Å². The fourth-order valence-corrected chi connectivity index (χ4v) is 2.44. The lowest BCUT2D eigenvalue weighted by molar-refractivity contribution is 0.190. The number of thioether (sulfide) groups is 1. The lowest BCUT2D eigenvalue weighted by Gasteiger charge is -2.15. The summed E-state index contributed by atoms with van der Waals surface area (Å²) in [6.45, 7) is 8.16. The molecule has 1 unspecified atom stereocenters. The van der Waals surface area contributed by atoms with Crippen LogP contribution >= 0.6 is 11.8 Å². The van der Waals surface area contributed by atoms with Gasteiger partial charge in [0.2, 0.25) is 5.95 Å². The average molecular weight is 271 g/mol. The second-order valence-corrected chi connectivity index (χ2v) is 5.77.